The highest BCUT2D eigenvalue weighted by atomic mass is 16.5. The van der Waals surface area contributed by atoms with Crippen LogP contribution in [0.2, 0.25) is 0 Å². The van der Waals surface area contributed by atoms with Crippen molar-refractivity contribution in [3.8, 4) is 5.75 Å². The number of aromatic nitrogens is 1. The molecule has 3 N–H and O–H groups in total. The van der Waals surface area contributed by atoms with E-state index in [1.54, 1.807) is 18.2 Å². The van der Waals surface area contributed by atoms with Crippen LogP contribution in [0.1, 0.15) is 27.0 Å². The topological polar surface area (TPSA) is 94.6 Å². The van der Waals surface area contributed by atoms with Crippen molar-refractivity contribution in [2.75, 3.05) is 6.61 Å². The summed E-state index contributed by atoms with van der Waals surface area (Å²) < 4.78 is 7.73. The molecule has 0 aliphatic carbocycles. The minimum atomic E-state index is -1.07. The first-order valence-corrected chi connectivity index (χ1v) is 11.3. The van der Waals surface area contributed by atoms with Crippen LogP contribution in [0.25, 0.3) is 21.8 Å². The Bertz CT molecular complexity index is 1550. The minimum Gasteiger partial charge on any atom is -0.481 e. The van der Waals surface area contributed by atoms with Gasteiger partial charge >= 0.3 is 5.97 Å². The van der Waals surface area contributed by atoms with E-state index in [1.807, 2.05) is 36.4 Å². The van der Waals surface area contributed by atoms with E-state index in [2.05, 4.69) is 41.0 Å². The number of hydrogen-bond donors (Lipinski definition) is 2. The van der Waals surface area contributed by atoms with Crippen molar-refractivity contribution < 1.29 is 19.4 Å². The monoisotopic (exact) mass is 464 g/mol. The molecule has 0 spiro atoms. The highest BCUT2D eigenvalue weighted by Gasteiger charge is 2.20. The fourth-order valence-corrected chi connectivity index (χ4v) is 4.64. The average molecular weight is 465 g/mol. The van der Waals surface area contributed by atoms with E-state index < -0.39 is 18.5 Å². The van der Waals surface area contributed by atoms with Gasteiger partial charge in [-0.2, -0.15) is 0 Å². The Morgan fingerprint density at radius 1 is 0.771 bits per heavy atom. The maximum absolute atomic E-state index is 12.3. The van der Waals surface area contributed by atoms with Crippen LogP contribution in [-0.4, -0.2) is 28.2 Å². The lowest BCUT2D eigenvalue weighted by molar-refractivity contribution is -0.139. The normalized spacial score (nSPS) is 11.1. The molecule has 0 saturated heterocycles. The van der Waals surface area contributed by atoms with Gasteiger partial charge in [0.25, 0.3) is 0 Å². The fourth-order valence-electron chi connectivity index (χ4n) is 4.64. The van der Waals surface area contributed by atoms with Crippen LogP contribution < -0.4 is 10.5 Å². The summed E-state index contributed by atoms with van der Waals surface area (Å²) in [5, 5.41) is 10.5. The lowest BCUT2D eigenvalue weighted by Gasteiger charge is -2.10. The van der Waals surface area contributed by atoms with E-state index in [0.29, 0.717) is 28.6 Å². The fraction of sp³-hybridized carbons (Fsp3) is 0.103. The third-order valence-electron chi connectivity index (χ3n) is 6.08. The third-order valence-corrected chi connectivity index (χ3v) is 6.08. The smallest absolute Gasteiger partial charge is 0.341 e. The lowest BCUT2D eigenvalue weighted by Crippen LogP contribution is -2.11. The molecule has 0 unspecified atom stereocenters. The van der Waals surface area contributed by atoms with Crippen LogP contribution >= 0.6 is 0 Å². The number of carbonyl (C=O) groups is 2. The summed E-state index contributed by atoms with van der Waals surface area (Å²) in [4.78, 5) is 23.5. The Labute approximate surface area is 202 Å². The van der Waals surface area contributed by atoms with Crippen molar-refractivity contribution in [3.05, 3.63) is 113 Å². The van der Waals surface area contributed by atoms with Gasteiger partial charge in [-0.25, -0.2) is 4.79 Å². The Hall–Kier alpha value is -4.58. The van der Waals surface area contributed by atoms with Crippen LogP contribution in [0.3, 0.4) is 0 Å². The number of primary amides is 1. The van der Waals surface area contributed by atoms with Gasteiger partial charge in [-0.3, -0.25) is 4.79 Å². The molecular weight excluding hydrogens is 440 g/mol. The van der Waals surface area contributed by atoms with E-state index in [1.165, 1.54) is 11.1 Å². The summed E-state index contributed by atoms with van der Waals surface area (Å²) in [5.41, 5.74) is 11.3. The van der Waals surface area contributed by atoms with Crippen LogP contribution in [-0.2, 0) is 17.8 Å². The van der Waals surface area contributed by atoms with Crippen molar-refractivity contribution in [1.29, 1.82) is 0 Å². The molecule has 174 valence electrons. The summed E-state index contributed by atoms with van der Waals surface area (Å²) >= 11 is 0. The van der Waals surface area contributed by atoms with Gasteiger partial charge in [-0.15, -0.1) is 0 Å². The summed E-state index contributed by atoms with van der Waals surface area (Å²) in [6.07, 6.45) is 0.834. The molecule has 4 aromatic carbocycles. The number of ether oxygens (including phenoxy) is 1. The first-order valence-electron chi connectivity index (χ1n) is 11.3. The number of fused-ring (bicyclic) bond motifs is 3. The summed E-state index contributed by atoms with van der Waals surface area (Å²) in [6.45, 7) is 0.0826. The van der Waals surface area contributed by atoms with Crippen LogP contribution in [0, 0.1) is 0 Å². The van der Waals surface area contributed by atoms with Gasteiger partial charge in [0.15, 0.2) is 6.61 Å². The van der Waals surface area contributed by atoms with Crippen molar-refractivity contribution in [2.24, 2.45) is 5.73 Å². The first kappa shape index (κ1) is 22.2. The van der Waals surface area contributed by atoms with Gasteiger partial charge in [-0.05, 0) is 47.4 Å². The number of rotatable bonds is 8. The highest BCUT2D eigenvalue weighted by Crippen LogP contribution is 2.38. The van der Waals surface area contributed by atoms with Gasteiger partial charge in [0.2, 0.25) is 5.91 Å². The molecule has 35 heavy (non-hydrogen) atoms. The molecule has 5 rings (SSSR count). The number of carboxylic acids is 1. The Morgan fingerprint density at radius 3 is 2.17 bits per heavy atom. The zero-order chi connectivity index (χ0) is 24.4. The van der Waals surface area contributed by atoms with Crippen molar-refractivity contribution in [1.82, 2.24) is 4.57 Å². The third kappa shape index (κ3) is 4.46. The average Bonchev–Trinajstić information content (AvgIpc) is 3.17. The second-order valence-corrected chi connectivity index (χ2v) is 8.47. The minimum absolute atomic E-state index is 0.371. The molecule has 0 radical (unpaired) electrons. The zero-order valence-electron chi connectivity index (χ0n) is 19.0. The lowest BCUT2D eigenvalue weighted by atomic mass is 10.0. The van der Waals surface area contributed by atoms with E-state index >= 15 is 0 Å². The Morgan fingerprint density at radius 2 is 1.43 bits per heavy atom. The number of nitrogens with two attached hydrogens (primary N) is 1. The van der Waals surface area contributed by atoms with Crippen LogP contribution in [0.15, 0.2) is 91.0 Å². The SMILES string of the molecule is NC(=O)c1cccc2c1c1c(OCC(=O)O)cccc1n2Cc1cccc(Cc2ccccc2)c1. The number of nitrogens with zero attached hydrogens (tertiary/aromatic N) is 1. The molecule has 6 nitrogen and oxygen atoms in total. The summed E-state index contributed by atoms with van der Waals surface area (Å²) in [7, 11) is 0. The molecular formula is C29H24N2O4. The van der Waals surface area contributed by atoms with Gasteiger partial charge < -0.3 is 20.1 Å². The molecule has 0 bridgehead atoms. The second kappa shape index (κ2) is 9.35. The molecule has 0 atom stereocenters. The molecule has 5 aromatic rings. The van der Waals surface area contributed by atoms with E-state index in [4.69, 9.17) is 15.6 Å². The van der Waals surface area contributed by atoms with E-state index in [0.717, 1.165) is 23.0 Å². The summed E-state index contributed by atoms with van der Waals surface area (Å²) in [5.74, 6) is -1.22. The molecule has 0 fully saturated rings. The van der Waals surface area contributed by atoms with Gasteiger partial charge in [0.1, 0.15) is 5.75 Å². The van der Waals surface area contributed by atoms with Crippen LogP contribution in [0.4, 0.5) is 0 Å². The van der Waals surface area contributed by atoms with Crippen molar-refractivity contribution in [2.45, 2.75) is 13.0 Å². The molecule has 1 amide bonds. The largest absolute Gasteiger partial charge is 0.481 e. The molecule has 6 heteroatoms. The number of carboxylic acid groups (broad SMARTS) is 1. The highest BCUT2D eigenvalue weighted by molar-refractivity contribution is 6.19. The van der Waals surface area contributed by atoms with E-state index in [-0.39, 0.29) is 0 Å². The molecule has 0 aliphatic heterocycles. The zero-order valence-corrected chi connectivity index (χ0v) is 19.0. The maximum Gasteiger partial charge on any atom is 0.341 e. The molecule has 0 aliphatic rings. The van der Waals surface area contributed by atoms with E-state index in [9.17, 15) is 9.59 Å². The summed E-state index contributed by atoms with van der Waals surface area (Å²) in [6, 6.07) is 29.7. The number of carbonyl (C=O) groups excluding carboxylic acids is 1. The number of amides is 1. The predicted molar refractivity (Wildman–Crippen MR) is 136 cm³/mol. The number of benzene rings is 4. The second-order valence-electron chi connectivity index (χ2n) is 8.47. The first-order chi connectivity index (χ1) is 17.0. The molecule has 1 heterocycles. The van der Waals surface area contributed by atoms with Gasteiger partial charge in [0, 0.05) is 17.5 Å². The van der Waals surface area contributed by atoms with Gasteiger partial charge in [-0.1, -0.05) is 66.7 Å². The Kier molecular flexibility index (Phi) is 5.94. The van der Waals surface area contributed by atoms with Crippen molar-refractivity contribution in [3.63, 3.8) is 0 Å². The van der Waals surface area contributed by atoms with Crippen molar-refractivity contribution >= 4 is 33.7 Å². The number of hydrogen-bond acceptors (Lipinski definition) is 3. The molecule has 1 aromatic heterocycles. The predicted octanol–water partition coefficient (Wildman–Crippen LogP) is 5.00. The van der Waals surface area contributed by atoms with Gasteiger partial charge in [0.05, 0.1) is 16.4 Å². The molecule has 0 saturated carbocycles. The maximum atomic E-state index is 12.3. The quantitative estimate of drug-likeness (QED) is 0.338. The Balaban J connectivity index is 1.63. The standard InChI is InChI=1S/C29H24N2O4/c30-29(34)22-11-5-12-23-27(22)28-24(13-6-14-25(28)35-18-26(32)33)31(23)17-21-10-4-9-20(16-21)15-19-7-2-1-3-8-19/h1-14,16H,15,17-18H2,(H2,30,34)(H,32,33). The number of aliphatic carboxylic acids is 1. The van der Waals surface area contributed by atoms with Crippen LogP contribution in [0.5, 0.6) is 5.75 Å².